The Morgan fingerprint density at radius 2 is 1.84 bits per heavy atom. The molecular weight excluding hydrogens is 256 g/mol. The van der Waals surface area contributed by atoms with Crippen LogP contribution in [0.25, 0.3) is 0 Å². The predicted octanol–water partition coefficient (Wildman–Crippen LogP) is 3.70. The van der Waals surface area contributed by atoms with E-state index in [4.69, 9.17) is 4.74 Å². The van der Waals surface area contributed by atoms with Crippen LogP contribution in [0.3, 0.4) is 0 Å². The van der Waals surface area contributed by atoms with Crippen molar-refractivity contribution in [3.05, 3.63) is 23.8 Å². The summed E-state index contributed by atoms with van der Waals surface area (Å²) in [6.45, 7) is 4.70. The molecular formula is C16H30O2S. The van der Waals surface area contributed by atoms with Gasteiger partial charge < -0.3 is 9.84 Å². The van der Waals surface area contributed by atoms with E-state index in [0.717, 1.165) is 11.7 Å². The Bertz CT molecular complexity index is 430. The number of ether oxygens (including phenoxy) is 1. The van der Waals surface area contributed by atoms with Crippen molar-refractivity contribution >= 4 is 9.16 Å². The molecule has 1 aromatic carbocycles. The molecule has 1 aromatic rings. The van der Waals surface area contributed by atoms with Crippen LogP contribution in [0.4, 0.5) is 0 Å². The molecule has 0 radical (unpaired) electrons. The number of phenolic OH excluding ortho intramolecular Hbond substituents is 1. The highest BCUT2D eigenvalue weighted by Crippen LogP contribution is 2.63. The molecule has 1 N–H and O–H groups in total. The van der Waals surface area contributed by atoms with Crippen molar-refractivity contribution in [3.63, 3.8) is 0 Å². The molecule has 3 heteroatoms. The van der Waals surface area contributed by atoms with Crippen LogP contribution < -0.4 is 4.74 Å². The highest BCUT2D eigenvalue weighted by Gasteiger charge is 2.28. The van der Waals surface area contributed by atoms with Crippen molar-refractivity contribution in [3.8, 4) is 11.5 Å². The van der Waals surface area contributed by atoms with Crippen LogP contribution in [0.15, 0.2) is 18.2 Å². The van der Waals surface area contributed by atoms with E-state index in [1.165, 1.54) is 17.7 Å². The van der Waals surface area contributed by atoms with Gasteiger partial charge in [-0.05, 0) is 60.3 Å². The molecule has 0 spiro atoms. The number of hydrogen-bond donors (Lipinski definition) is 2. The topological polar surface area (TPSA) is 29.5 Å². The predicted molar refractivity (Wildman–Crippen MR) is 89.7 cm³/mol. The molecule has 0 aliphatic rings. The normalized spacial score (nSPS) is 14.2. The summed E-state index contributed by atoms with van der Waals surface area (Å²) in [5.74, 6) is 2.10. The summed E-state index contributed by atoms with van der Waals surface area (Å²) < 4.78 is 5.15. The lowest BCUT2D eigenvalue weighted by molar-refractivity contribution is 0.373. The molecule has 0 atom stereocenters. The number of aromatic hydroxyl groups is 1. The van der Waals surface area contributed by atoms with E-state index >= 15 is 0 Å². The Kier molecular flexibility index (Phi) is 4.83. The molecule has 0 aliphatic carbocycles. The summed E-state index contributed by atoms with van der Waals surface area (Å²) in [6.07, 6.45) is 9.69. The van der Waals surface area contributed by atoms with Crippen LogP contribution >= 0.6 is 9.16 Å². The Hall–Kier alpha value is -0.830. The van der Waals surface area contributed by atoms with Crippen LogP contribution in [0, 0.1) is 0 Å². The molecule has 1 rings (SSSR count). The number of benzene rings is 1. The molecule has 112 valence electrons. The van der Waals surface area contributed by atoms with Crippen molar-refractivity contribution in [2.24, 2.45) is 0 Å². The largest absolute Gasteiger partial charge is 0.504 e. The molecule has 0 aromatic heterocycles. The van der Waals surface area contributed by atoms with Gasteiger partial charge in [-0.15, -0.1) is 0 Å². The van der Waals surface area contributed by atoms with Crippen LogP contribution in [-0.2, 0) is 6.42 Å². The van der Waals surface area contributed by atoms with E-state index in [1.54, 1.807) is 13.2 Å². The van der Waals surface area contributed by atoms with Gasteiger partial charge >= 0.3 is 0 Å². The minimum atomic E-state index is -1.52. The second-order valence-corrected chi connectivity index (χ2v) is 15.1. The molecule has 0 saturated carbocycles. The fraction of sp³-hybridized carbons (Fsp3) is 0.625. The number of phenols is 1. The Morgan fingerprint density at radius 3 is 2.37 bits per heavy atom. The van der Waals surface area contributed by atoms with Gasteiger partial charge in [-0.2, -0.15) is 0 Å². The minimum absolute atomic E-state index is 0.217. The second kappa shape index (κ2) is 5.66. The van der Waals surface area contributed by atoms with Gasteiger partial charge in [0.25, 0.3) is 0 Å². The third-order valence-corrected chi connectivity index (χ3v) is 10.3. The lowest BCUT2D eigenvalue weighted by atomic mass is 10.1. The Morgan fingerprint density at radius 1 is 1.21 bits per heavy atom. The first kappa shape index (κ1) is 16.2. The number of methoxy groups -OCH3 is 1. The van der Waals surface area contributed by atoms with Crippen LogP contribution in [0.2, 0.25) is 0 Å². The fourth-order valence-electron chi connectivity index (χ4n) is 1.98. The van der Waals surface area contributed by atoms with Crippen molar-refractivity contribution in [1.29, 1.82) is 0 Å². The molecule has 0 amide bonds. The van der Waals surface area contributed by atoms with Gasteiger partial charge in [0.1, 0.15) is 0 Å². The molecule has 2 nitrogen and oxygen atoms in total. The summed E-state index contributed by atoms with van der Waals surface area (Å²) >= 11 is 0. The quantitative estimate of drug-likeness (QED) is 0.781. The summed E-state index contributed by atoms with van der Waals surface area (Å²) in [5, 5.41) is 10.4. The average molecular weight is 286 g/mol. The molecule has 0 heterocycles. The van der Waals surface area contributed by atoms with Gasteiger partial charge in [0.2, 0.25) is 0 Å². The lowest BCUT2D eigenvalue weighted by Crippen LogP contribution is -2.27. The summed E-state index contributed by atoms with van der Waals surface area (Å²) in [5.41, 5.74) is 1.24. The summed E-state index contributed by atoms with van der Waals surface area (Å²) in [6, 6.07) is 5.66. The minimum Gasteiger partial charge on any atom is -0.504 e. The van der Waals surface area contributed by atoms with Gasteiger partial charge in [0.05, 0.1) is 7.11 Å². The van der Waals surface area contributed by atoms with Gasteiger partial charge in [0.15, 0.2) is 11.5 Å². The maximum atomic E-state index is 9.58. The van der Waals surface area contributed by atoms with E-state index in [-0.39, 0.29) is 5.75 Å². The number of rotatable bonds is 6. The molecule has 19 heavy (non-hydrogen) atoms. The summed E-state index contributed by atoms with van der Waals surface area (Å²) in [4.78, 5) is 0. The number of hydrogen-bond acceptors (Lipinski definition) is 2. The van der Waals surface area contributed by atoms with Gasteiger partial charge in [-0.25, -0.2) is 0 Å². The number of aryl methyl sites for hydroxylation is 1. The van der Waals surface area contributed by atoms with Crippen molar-refractivity contribution in [2.75, 3.05) is 31.6 Å². The third kappa shape index (κ3) is 4.34. The zero-order valence-electron chi connectivity index (χ0n) is 13.2. The van der Waals surface area contributed by atoms with Gasteiger partial charge in [-0.1, -0.05) is 19.9 Å². The first-order valence-electron chi connectivity index (χ1n) is 7.00. The monoisotopic (exact) mass is 286 g/mol. The fourth-order valence-corrected chi connectivity index (χ4v) is 3.79. The first-order valence-corrected chi connectivity index (χ1v) is 10.8. The van der Waals surface area contributed by atoms with Crippen molar-refractivity contribution in [2.45, 2.75) is 31.9 Å². The molecule has 0 bridgehead atoms. The highest BCUT2D eigenvalue weighted by atomic mass is 32.3. The third-order valence-electron chi connectivity index (χ3n) is 4.58. The van der Waals surface area contributed by atoms with E-state index in [0.29, 0.717) is 5.75 Å². The van der Waals surface area contributed by atoms with Crippen LogP contribution in [-0.4, -0.2) is 42.0 Å². The first-order chi connectivity index (χ1) is 8.64. The standard InChI is InChI=1S/C16H30O2S/c1-13(2)19(4,5,6)11-7-8-14-9-10-15(17)16(12-14)18-3/h9-10,12-13,17,19H,7-8,11H2,1-6H3. The van der Waals surface area contributed by atoms with E-state index < -0.39 is 9.16 Å². The van der Waals surface area contributed by atoms with Crippen molar-refractivity contribution < 1.29 is 9.84 Å². The second-order valence-electron chi connectivity index (χ2n) is 7.17. The molecule has 0 fully saturated rings. The molecule has 0 saturated heterocycles. The Balaban J connectivity index is 2.64. The molecule has 0 unspecified atom stereocenters. The van der Waals surface area contributed by atoms with Gasteiger partial charge in [-0.3, -0.25) is 9.16 Å². The zero-order chi connectivity index (χ0) is 14.7. The lowest BCUT2D eigenvalue weighted by Gasteiger charge is -2.56. The average Bonchev–Trinajstić information content (AvgIpc) is 2.30. The van der Waals surface area contributed by atoms with Crippen LogP contribution in [0.5, 0.6) is 11.5 Å². The zero-order valence-corrected chi connectivity index (χ0v) is 14.1. The smallest absolute Gasteiger partial charge is 0.160 e. The SMILES string of the molecule is COc1cc(CCC[SH](C)(C)(C)C(C)C)ccc1O. The van der Waals surface area contributed by atoms with Crippen LogP contribution in [0.1, 0.15) is 25.8 Å². The van der Waals surface area contributed by atoms with Gasteiger partial charge in [0, 0.05) is 0 Å². The maximum Gasteiger partial charge on any atom is 0.160 e. The highest BCUT2D eigenvalue weighted by molar-refractivity contribution is 8.48. The van der Waals surface area contributed by atoms with Crippen molar-refractivity contribution in [1.82, 2.24) is 0 Å². The Labute approximate surface area is 118 Å². The van der Waals surface area contributed by atoms with E-state index in [1.807, 2.05) is 12.1 Å². The molecule has 0 aliphatic heterocycles. The van der Waals surface area contributed by atoms with E-state index in [9.17, 15) is 5.11 Å². The number of thiol groups is 1. The van der Waals surface area contributed by atoms with E-state index in [2.05, 4.69) is 32.6 Å². The maximum absolute atomic E-state index is 9.58. The summed E-state index contributed by atoms with van der Waals surface area (Å²) in [7, 11) is 0.0752.